The number of Topliss-reactive ketones (excluding diaryl/α,β-unsaturated/α-hetero) is 2. The molecule has 4 aromatic carbocycles. The summed E-state index contributed by atoms with van der Waals surface area (Å²) in [6.45, 7) is 3.72. The number of carbonyl (C=O) groups excluding carboxylic acids is 4. The first-order valence-electron chi connectivity index (χ1n) is 18.6. The van der Waals surface area contributed by atoms with Gasteiger partial charge in [-0.1, -0.05) is 78.1 Å². The molecule has 0 radical (unpaired) electrons. The molecule has 1 saturated carbocycles. The summed E-state index contributed by atoms with van der Waals surface area (Å²) < 4.78 is 37.6. The fraction of sp³-hybridized carbons (Fsp3) is 0.222. The Hall–Kier alpha value is -5.37. The predicted octanol–water partition coefficient (Wildman–Crippen LogP) is 11.2. The summed E-state index contributed by atoms with van der Waals surface area (Å²) in [5.41, 5.74) is 8.65. The van der Waals surface area contributed by atoms with E-state index >= 15 is 0 Å². The van der Waals surface area contributed by atoms with E-state index in [1.165, 1.54) is 24.3 Å². The van der Waals surface area contributed by atoms with E-state index in [9.17, 15) is 28.0 Å². The lowest BCUT2D eigenvalue weighted by atomic mass is 10.0. The van der Waals surface area contributed by atoms with E-state index in [2.05, 4.69) is 15.3 Å². The van der Waals surface area contributed by atoms with Crippen molar-refractivity contribution in [3.8, 4) is 5.69 Å². The topological polar surface area (TPSA) is 143 Å². The van der Waals surface area contributed by atoms with Crippen LogP contribution in [0.5, 0.6) is 0 Å². The summed E-state index contributed by atoms with van der Waals surface area (Å²) in [6.07, 6.45) is 5.71. The average molecular weight is 915 g/mol. The van der Waals surface area contributed by atoms with Crippen LogP contribution < -0.4 is 11.3 Å². The molecular weight excluding hydrogens is 872 g/mol. The van der Waals surface area contributed by atoms with Crippen molar-refractivity contribution in [2.24, 2.45) is 11.8 Å². The largest absolute Gasteiger partial charge is 0.461 e. The van der Waals surface area contributed by atoms with Gasteiger partial charge in [0.2, 0.25) is 0 Å². The molecule has 0 spiro atoms. The minimum Gasteiger partial charge on any atom is -0.461 e. The number of rotatable bonds is 9. The number of anilines is 1. The minimum absolute atomic E-state index is 0. The summed E-state index contributed by atoms with van der Waals surface area (Å²) in [7, 11) is 0. The third-order valence-corrected chi connectivity index (χ3v) is 10.3. The molecule has 16 heteroatoms. The summed E-state index contributed by atoms with van der Waals surface area (Å²) in [4.78, 5) is 47.8. The van der Waals surface area contributed by atoms with Crippen LogP contribution in [0.4, 0.5) is 14.5 Å². The van der Waals surface area contributed by atoms with E-state index in [1.807, 2.05) is 6.08 Å². The maximum atomic E-state index is 13.3. The Bertz CT molecular complexity index is 2450. The normalized spacial score (nSPS) is 15.2. The first kappa shape index (κ1) is 48.3. The van der Waals surface area contributed by atoms with Crippen LogP contribution in [0.15, 0.2) is 90.5 Å². The molecule has 1 unspecified atom stereocenters. The number of nitrogens with two attached hydrogens (primary N) is 1. The molecule has 0 aliphatic heterocycles. The van der Waals surface area contributed by atoms with Crippen molar-refractivity contribution in [3.05, 3.63) is 150 Å². The van der Waals surface area contributed by atoms with Crippen molar-refractivity contribution < 1.29 is 37.4 Å². The Balaban J connectivity index is 0.000000223. The highest BCUT2D eigenvalue weighted by molar-refractivity contribution is 6.40. The zero-order valence-electron chi connectivity index (χ0n) is 32.2. The van der Waals surface area contributed by atoms with Crippen molar-refractivity contribution in [2.75, 3.05) is 18.6 Å². The Kier molecular flexibility index (Phi) is 17.8. The maximum absolute atomic E-state index is 13.3. The molecule has 10 nitrogen and oxygen atoms in total. The average Bonchev–Trinajstić information content (AvgIpc) is 3.92. The quantitative estimate of drug-likeness (QED) is 0.0369. The van der Waals surface area contributed by atoms with Gasteiger partial charge >= 0.3 is 11.9 Å². The summed E-state index contributed by atoms with van der Waals surface area (Å²) in [5, 5.41) is 6.59. The number of ketones is 2. The molecule has 2 aliphatic rings. The highest BCUT2D eigenvalue weighted by atomic mass is 35.5. The number of esters is 2. The Morgan fingerprint density at radius 2 is 1.34 bits per heavy atom. The smallest absolute Gasteiger partial charge is 0.375 e. The van der Waals surface area contributed by atoms with Gasteiger partial charge < -0.3 is 14.9 Å². The molecule has 0 amide bonds. The molecule has 320 valence electrons. The Morgan fingerprint density at radius 3 is 1.89 bits per heavy atom. The summed E-state index contributed by atoms with van der Waals surface area (Å²) in [6, 6.07) is 22.1. The van der Waals surface area contributed by atoms with Crippen LogP contribution in [-0.2, 0) is 30.3 Å². The molecule has 3 N–H and O–H groups in total. The zero-order chi connectivity index (χ0) is 43.5. The molecule has 0 saturated heterocycles. The number of halogens is 6. The van der Waals surface area contributed by atoms with Gasteiger partial charge in [-0.2, -0.15) is 5.10 Å². The van der Waals surface area contributed by atoms with E-state index in [0.29, 0.717) is 61.9 Å². The van der Waals surface area contributed by atoms with E-state index in [0.717, 1.165) is 28.8 Å². The third kappa shape index (κ3) is 12.4. The van der Waals surface area contributed by atoms with Crippen LogP contribution in [0, 0.1) is 17.6 Å². The summed E-state index contributed by atoms with van der Waals surface area (Å²) in [5.74, 6) is 0.970. The fourth-order valence-electron chi connectivity index (χ4n) is 6.37. The lowest BCUT2D eigenvalue weighted by molar-refractivity contribution is -0.156. The lowest BCUT2D eigenvalue weighted by Crippen LogP contribution is -2.28. The number of hydrogen-bond acceptors (Lipinski definition) is 9. The standard InChI is InChI=1S/C22H17Cl2FN2O2.C16H15FO4.C6H6Cl2N2.CH4/c1-2-29-22(28)20-17-9-5-14(11-13-3-7-16(25)8-4-13)21(17)27(26-20)19-10-6-15(23)12-18(19)24;1-2-21-16(20)15(19)13-8-5-11(14(13)18)9-10-3-6-12(17)7-4-10;7-4-1-2-6(10-9)5(8)3-4;/h3-4,6-8,10-12H,2,5,9H2,1H3;3-4,6-7,9,13H,2,5,8H2,1H3;1-3,10H,9H2;1H4/b14-11+;11-9+;;. The van der Waals surface area contributed by atoms with Gasteiger partial charge in [-0.05, 0) is 135 Å². The van der Waals surface area contributed by atoms with Crippen LogP contribution in [0.25, 0.3) is 23.4 Å². The van der Waals surface area contributed by atoms with E-state index in [1.54, 1.807) is 85.3 Å². The first-order chi connectivity index (χ1) is 28.7. The van der Waals surface area contributed by atoms with E-state index < -0.39 is 23.6 Å². The molecule has 1 aromatic heterocycles. The van der Waals surface area contributed by atoms with Gasteiger partial charge in [-0.25, -0.2) is 23.1 Å². The van der Waals surface area contributed by atoms with Crippen molar-refractivity contribution in [2.45, 2.75) is 47.0 Å². The second-order valence-electron chi connectivity index (χ2n) is 13.2. The monoisotopic (exact) mass is 912 g/mol. The second kappa shape index (κ2) is 22.5. The number of hydrazine groups is 1. The second-order valence-corrected chi connectivity index (χ2v) is 14.8. The van der Waals surface area contributed by atoms with E-state index in [-0.39, 0.29) is 43.8 Å². The zero-order valence-corrected chi connectivity index (χ0v) is 35.3. The molecule has 0 bridgehead atoms. The molecular formula is C45H42Cl4F2N4O6. The maximum Gasteiger partial charge on any atom is 0.375 e. The SMILES string of the molecule is C.CCOC(=O)C(=O)C1CC/C(=C\c2ccc(F)cc2)C1=O.CCOC(=O)c1nn(-c2ccc(Cl)cc2Cl)c2c1CC/C2=C\c1ccc(F)cc1.NNc1ccc(Cl)cc1Cl. The number of benzene rings is 4. The van der Waals surface area contributed by atoms with Gasteiger partial charge in [0, 0.05) is 15.6 Å². The molecule has 2 aliphatic carbocycles. The number of allylic oxidation sites excluding steroid dienone is 2. The summed E-state index contributed by atoms with van der Waals surface area (Å²) >= 11 is 23.8. The highest BCUT2D eigenvalue weighted by Gasteiger charge is 2.38. The van der Waals surface area contributed by atoms with Crippen LogP contribution in [0.3, 0.4) is 0 Å². The number of fused-ring (bicyclic) bond motifs is 1. The number of nitrogens with one attached hydrogen (secondary N) is 1. The molecule has 1 heterocycles. The van der Waals surface area contributed by atoms with Crippen LogP contribution in [-0.4, -0.2) is 46.5 Å². The number of carbonyl (C=O) groups is 4. The van der Waals surface area contributed by atoms with Crippen LogP contribution in [0.2, 0.25) is 20.1 Å². The molecule has 7 rings (SSSR count). The third-order valence-electron chi connectivity index (χ3n) is 9.18. The van der Waals surface area contributed by atoms with Gasteiger partial charge in [-0.3, -0.25) is 15.4 Å². The first-order valence-corrected chi connectivity index (χ1v) is 20.1. The van der Waals surface area contributed by atoms with E-state index in [4.69, 9.17) is 57.0 Å². The highest BCUT2D eigenvalue weighted by Crippen LogP contribution is 2.39. The predicted molar refractivity (Wildman–Crippen MR) is 237 cm³/mol. The van der Waals surface area contributed by atoms with Gasteiger partial charge in [0.1, 0.15) is 11.6 Å². The fourth-order valence-corrected chi connectivity index (χ4v) is 7.32. The Morgan fingerprint density at radius 1 is 0.787 bits per heavy atom. The van der Waals surface area contributed by atoms with Crippen LogP contribution >= 0.6 is 46.4 Å². The van der Waals surface area contributed by atoms with Gasteiger partial charge in [0.15, 0.2) is 11.5 Å². The van der Waals surface area contributed by atoms with Gasteiger partial charge in [-0.15, -0.1) is 0 Å². The van der Waals surface area contributed by atoms with Crippen molar-refractivity contribution in [1.29, 1.82) is 0 Å². The number of nitrogen functional groups attached to an aromatic ring is 1. The van der Waals surface area contributed by atoms with Crippen molar-refractivity contribution in [1.82, 2.24) is 9.78 Å². The molecule has 61 heavy (non-hydrogen) atoms. The number of ether oxygens (including phenoxy) is 2. The van der Waals surface area contributed by atoms with Crippen LogP contribution in [0.1, 0.15) is 73.4 Å². The Labute approximate surface area is 372 Å². The molecule has 5 aromatic rings. The number of aromatic nitrogens is 2. The van der Waals surface area contributed by atoms with Gasteiger partial charge in [0.25, 0.3) is 5.78 Å². The van der Waals surface area contributed by atoms with Gasteiger partial charge in [0.05, 0.1) is 46.2 Å². The lowest BCUT2D eigenvalue weighted by Gasteiger charge is -2.10. The number of hydrogen-bond donors (Lipinski definition) is 2. The molecule has 1 fully saturated rings. The minimum atomic E-state index is -0.959. The van der Waals surface area contributed by atoms with Crippen molar-refractivity contribution >= 4 is 93.3 Å². The number of nitrogens with zero attached hydrogens (tertiary/aromatic N) is 2. The van der Waals surface area contributed by atoms with Crippen molar-refractivity contribution in [3.63, 3.8) is 0 Å². The molecule has 1 atom stereocenters.